The summed E-state index contributed by atoms with van der Waals surface area (Å²) in [4.78, 5) is 8.05. The predicted molar refractivity (Wildman–Crippen MR) is 84.9 cm³/mol. The highest BCUT2D eigenvalue weighted by atomic mass is 32.2. The number of nitrogens with two attached hydrogens (primary N) is 1. The van der Waals surface area contributed by atoms with E-state index in [0.717, 1.165) is 29.7 Å². The van der Waals surface area contributed by atoms with Crippen LogP contribution in [0.3, 0.4) is 0 Å². The minimum Gasteiger partial charge on any atom is -0.342 e. The molecule has 6 heteroatoms. The van der Waals surface area contributed by atoms with Gasteiger partial charge in [-0.15, -0.1) is 0 Å². The van der Waals surface area contributed by atoms with Crippen LogP contribution >= 0.6 is 0 Å². The number of H-pyrrole nitrogens is 1. The third kappa shape index (κ3) is 4.04. The normalized spacial score (nSPS) is 14.0. The number of aromatic nitrogens is 2. The number of aromatic amines is 1. The lowest BCUT2D eigenvalue weighted by molar-refractivity contribution is 0.410. The Morgan fingerprint density at radius 3 is 2.62 bits per heavy atom. The zero-order valence-corrected chi connectivity index (χ0v) is 13.6. The molecule has 116 valence electrons. The van der Waals surface area contributed by atoms with Crippen molar-refractivity contribution < 1.29 is 8.42 Å². The monoisotopic (exact) mass is 309 g/mol. The lowest BCUT2D eigenvalue weighted by Gasteiger charge is -2.15. The van der Waals surface area contributed by atoms with E-state index in [2.05, 4.69) is 23.8 Å². The fourth-order valence-electron chi connectivity index (χ4n) is 2.57. The van der Waals surface area contributed by atoms with E-state index in [4.69, 9.17) is 5.73 Å². The summed E-state index contributed by atoms with van der Waals surface area (Å²) in [7, 11) is -3.20. The predicted octanol–water partition coefficient (Wildman–Crippen LogP) is 2.13. The van der Waals surface area contributed by atoms with Crippen LogP contribution in [0.15, 0.2) is 23.1 Å². The molecule has 1 aromatic carbocycles. The summed E-state index contributed by atoms with van der Waals surface area (Å²) in [5.41, 5.74) is 7.37. The first-order chi connectivity index (χ1) is 9.79. The van der Waals surface area contributed by atoms with Gasteiger partial charge >= 0.3 is 0 Å². The molecule has 0 saturated carbocycles. The van der Waals surface area contributed by atoms with Gasteiger partial charge in [-0.3, -0.25) is 0 Å². The number of nitrogens with zero attached hydrogens (tertiary/aromatic N) is 1. The molecule has 0 radical (unpaired) electrons. The van der Waals surface area contributed by atoms with Gasteiger partial charge in [0.25, 0.3) is 0 Å². The molecule has 0 amide bonds. The summed E-state index contributed by atoms with van der Waals surface area (Å²) in [5, 5.41) is 0. The molecule has 1 aromatic heterocycles. The molecule has 3 N–H and O–H groups in total. The molecule has 5 nitrogen and oxygen atoms in total. The van der Waals surface area contributed by atoms with Crippen LogP contribution in [0, 0.1) is 11.8 Å². The fourth-order valence-corrected chi connectivity index (χ4v) is 3.22. The van der Waals surface area contributed by atoms with Gasteiger partial charge in [0.15, 0.2) is 9.84 Å². The Bertz CT molecular complexity index is 720. The highest BCUT2D eigenvalue weighted by molar-refractivity contribution is 7.90. The van der Waals surface area contributed by atoms with Gasteiger partial charge in [0.2, 0.25) is 0 Å². The smallest absolute Gasteiger partial charge is 0.175 e. The maximum Gasteiger partial charge on any atom is 0.175 e. The SMILES string of the molecule is CC(C)CC(CN)Cc1nc2ccc(S(C)(=O)=O)cc2[nH]1. The number of hydrogen-bond donors (Lipinski definition) is 2. The molecule has 21 heavy (non-hydrogen) atoms. The number of imidazole rings is 1. The van der Waals surface area contributed by atoms with Gasteiger partial charge in [0, 0.05) is 12.7 Å². The van der Waals surface area contributed by atoms with E-state index in [-0.39, 0.29) is 0 Å². The zero-order valence-electron chi connectivity index (χ0n) is 12.8. The van der Waals surface area contributed by atoms with E-state index in [1.54, 1.807) is 18.2 Å². The van der Waals surface area contributed by atoms with Crippen molar-refractivity contribution in [3.63, 3.8) is 0 Å². The summed E-state index contributed by atoms with van der Waals surface area (Å²) in [6.45, 7) is 4.99. The van der Waals surface area contributed by atoms with Crippen LogP contribution < -0.4 is 5.73 Å². The van der Waals surface area contributed by atoms with Crippen molar-refractivity contribution in [2.24, 2.45) is 17.6 Å². The number of hydrogen-bond acceptors (Lipinski definition) is 4. The number of fused-ring (bicyclic) bond motifs is 1. The molecule has 0 bridgehead atoms. The molecule has 1 heterocycles. The summed E-state index contributed by atoms with van der Waals surface area (Å²) in [6, 6.07) is 4.98. The lowest BCUT2D eigenvalue weighted by atomic mass is 9.94. The van der Waals surface area contributed by atoms with Gasteiger partial charge < -0.3 is 10.7 Å². The van der Waals surface area contributed by atoms with Crippen LogP contribution in [0.1, 0.15) is 26.1 Å². The van der Waals surface area contributed by atoms with Gasteiger partial charge in [-0.25, -0.2) is 13.4 Å². The molecule has 2 rings (SSSR count). The molecule has 0 aliphatic carbocycles. The maximum absolute atomic E-state index is 11.6. The van der Waals surface area contributed by atoms with Crippen LogP contribution in [0.25, 0.3) is 11.0 Å². The fraction of sp³-hybridized carbons (Fsp3) is 0.533. The molecular formula is C15H23N3O2S. The molecule has 0 aliphatic heterocycles. The Morgan fingerprint density at radius 1 is 1.33 bits per heavy atom. The Labute approximate surface area is 125 Å². The second-order valence-corrected chi connectivity index (χ2v) is 8.09. The standard InChI is InChI=1S/C15H23N3O2S/c1-10(2)6-11(9-16)7-15-17-13-5-4-12(21(3,19)20)8-14(13)18-15/h4-5,8,10-11H,6-7,9,16H2,1-3H3,(H,17,18). The molecule has 0 fully saturated rings. The Morgan fingerprint density at radius 2 is 2.05 bits per heavy atom. The Balaban J connectivity index is 2.26. The molecule has 1 unspecified atom stereocenters. The van der Waals surface area contributed by atoms with Crippen LogP contribution in [-0.2, 0) is 16.3 Å². The zero-order chi connectivity index (χ0) is 15.6. The molecule has 1 atom stereocenters. The number of nitrogens with one attached hydrogen (secondary N) is 1. The summed E-state index contributed by atoms with van der Waals surface area (Å²) >= 11 is 0. The van der Waals surface area contributed by atoms with Crippen molar-refractivity contribution in [3.05, 3.63) is 24.0 Å². The number of rotatable bonds is 6. The number of sulfone groups is 1. The second kappa shape index (κ2) is 6.15. The first-order valence-electron chi connectivity index (χ1n) is 7.18. The molecule has 0 spiro atoms. The van der Waals surface area contributed by atoms with Crippen molar-refractivity contribution in [1.29, 1.82) is 0 Å². The average Bonchev–Trinajstić information content (AvgIpc) is 2.77. The third-order valence-corrected chi connectivity index (χ3v) is 4.66. The summed E-state index contributed by atoms with van der Waals surface area (Å²) < 4.78 is 23.2. The quantitative estimate of drug-likeness (QED) is 0.855. The van der Waals surface area contributed by atoms with Crippen molar-refractivity contribution in [3.8, 4) is 0 Å². The summed E-state index contributed by atoms with van der Waals surface area (Å²) in [6.07, 6.45) is 3.05. The van der Waals surface area contributed by atoms with Crippen molar-refractivity contribution in [1.82, 2.24) is 9.97 Å². The highest BCUT2D eigenvalue weighted by Crippen LogP contribution is 2.20. The third-order valence-electron chi connectivity index (χ3n) is 3.55. The Kier molecular flexibility index (Phi) is 4.68. The molecule has 0 aliphatic rings. The summed E-state index contributed by atoms with van der Waals surface area (Å²) in [5.74, 6) is 1.85. The van der Waals surface area contributed by atoms with Gasteiger partial charge in [-0.1, -0.05) is 13.8 Å². The maximum atomic E-state index is 11.6. The average molecular weight is 309 g/mol. The van der Waals surface area contributed by atoms with Gasteiger partial charge in [0.05, 0.1) is 15.9 Å². The highest BCUT2D eigenvalue weighted by Gasteiger charge is 2.14. The van der Waals surface area contributed by atoms with Crippen LogP contribution in [0.2, 0.25) is 0 Å². The first kappa shape index (κ1) is 16.0. The van der Waals surface area contributed by atoms with E-state index in [1.807, 2.05) is 0 Å². The van der Waals surface area contributed by atoms with Gasteiger partial charge in [0.1, 0.15) is 5.82 Å². The Hall–Kier alpha value is -1.40. The minimum absolute atomic E-state index is 0.308. The van der Waals surface area contributed by atoms with Crippen LogP contribution in [0.4, 0.5) is 0 Å². The second-order valence-electron chi connectivity index (χ2n) is 6.07. The van der Waals surface area contributed by atoms with E-state index < -0.39 is 9.84 Å². The first-order valence-corrected chi connectivity index (χ1v) is 9.07. The van der Waals surface area contributed by atoms with Gasteiger partial charge in [-0.2, -0.15) is 0 Å². The largest absolute Gasteiger partial charge is 0.342 e. The molecular weight excluding hydrogens is 286 g/mol. The topological polar surface area (TPSA) is 88.8 Å². The minimum atomic E-state index is -3.20. The van der Waals surface area contributed by atoms with E-state index in [1.165, 1.54) is 6.26 Å². The van der Waals surface area contributed by atoms with Crippen molar-refractivity contribution in [2.75, 3.05) is 12.8 Å². The van der Waals surface area contributed by atoms with Crippen molar-refractivity contribution in [2.45, 2.75) is 31.6 Å². The lowest BCUT2D eigenvalue weighted by Crippen LogP contribution is -2.19. The van der Waals surface area contributed by atoms with Crippen molar-refractivity contribution >= 4 is 20.9 Å². The molecule has 2 aromatic rings. The van der Waals surface area contributed by atoms with Crippen LogP contribution in [-0.4, -0.2) is 31.2 Å². The van der Waals surface area contributed by atoms with Gasteiger partial charge in [-0.05, 0) is 43.0 Å². The number of benzene rings is 1. The molecule has 0 saturated heterocycles. The van der Waals surface area contributed by atoms with E-state index in [0.29, 0.717) is 23.3 Å². The van der Waals surface area contributed by atoms with E-state index in [9.17, 15) is 8.42 Å². The van der Waals surface area contributed by atoms with E-state index >= 15 is 0 Å². The van der Waals surface area contributed by atoms with Crippen LogP contribution in [0.5, 0.6) is 0 Å².